The molecule has 6 heteroatoms. The van der Waals surface area contributed by atoms with Crippen molar-refractivity contribution in [1.29, 1.82) is 0 Å². The Morgan fingerprint density at radius 1 is 1.05 bits per heavy atom. The van der Waals surface area contributed by atoms with Crippen molar-refractivity contribution in [3.8, 4) is 11.3 Å². The Hall–Kier alpha value is -2.50. The van der Waals surface area contributed by atoms with Crippen LogP contribution in [0.2, 0.25) is 0 Å². The molecule has 2 heterocycles. The van der Waals surface area contributed by atoms with Crippen LogP contribution in [-0.4, -0.2) is 4.98 Å². The highest BCUT2D eigenvalue weighted by Crippen LogP contribution is 2.34. The highest BCUT2D eigenvalue weighted by molar-refractivity contribution is 5.83. The number of rotatable bonds is 1. The van der Waals surface area contributed by atoms with Gasteiger partial charge >= 0.3 is 6.18 Å². The number of anilines is 1. The first kappa shape index (κ1) is 12.5. The number of nitrogen functional groups attached to an aromatic ring is 1. The maximum Gasteiger partial charge on any atom is 0.416 e. The van der Waals surface area contributed by atoms with Gasteiger partial charge in [-0.1, -0.05) is 6.07 Å². The normalized spacial score (nSPS) is 11.9. The Labute approximate surface area is 111 Å². The Morgan fingerprint density at radius 2 is 1.85 bits per heavy atom. The van der Waals surface area contributed by atoms with Crippen LogP contribution in [0, 0.1) is 0 Å². The van der Waals surface area contributed by atoms with E-state index in [0.717, 1.165) is 12.1 Å². The van der Waals surface area contributed by atoms with Crippen molar-refractivity contribution < 1.29 is 17.6 Å². The summed E-state index contributed by atoms with van der Waals surface area (Å²) < 4.78 is 43.3. The average Bonchev–Trinajstić information content (AvgIpc) is 2.81. The molecule has 3 rings (SSSR count). The summed E-state index contributed by atoms with van der Waals surface area (Å²) in [6, 6.07) is 8.37. The number of fused-ring (bicyclic) bond motifs is 1. The van der Waals surface area contributed by atoms with Gasteiger partial charge in [0.15, 0.2) is 0 Å². The van der Waals surface area contributed by atoms with Crippen LogP contribution in [0.4, 0.5) is 19.0 Å². The maximum atomic E-state index is 12.6. The lowest BCUT2D eigenvalue weighted by molar-refractivity contribution is -0.137. The zero-order chi connectivity index (χ0) is 14.3. The van der Waals surface area contributed by atoms with Crippen molar-refractivity contribution in [2.75, 3.05) is 5.73 Å². The first-order valence-corrected chi connectivity index (χ1v) is 5.76. The standard InChI is InChI=1S/C14H9F3N2O/c15-14(16,17)10-3-1-8-5-11(20-12(8)6-10)9-2-4-13(18)19-7-9/h1-7H,(H2,18,19). The number of pyridine rings is 1. The van der Waals surface area contributed by atoms with E-state index in [2.05, 4.69) is 4.98 Å². The molecule has 1 aromatic carbocycles. The molecule has 102 valence electrons. The van der Waals surface area contributed by atoms with Gasteiger partial charge in [-0.2, -0.15) is 13.2 Å². The largest absolute Gasteiger partial charge is 0.456 e. The summed E-state index contributed by atoms with van der Waals surface area (Å²) in [5.41, 5.74) is 5.59. The Balaban J connectivity index is 2.09. The van der Waals surface area contributed by atoms with Crippen molar-refractivity contribution in [3.63, 3.8) is 0 Å². The van der Waals surface area contributed by atoms with E-state index in [1.807, 2.05) is 0 Å². The van der Waals surface area contributed by atoms with E-state index in [0.29, 0.717) is 22.5 Å². The average molecular weight is 278 g/mol. The molecule has 20 heavy (non-hydrogen) atoms. The molecule has 0 aliphatic rings. The molecule has 0 saturated carbocycles. The number of hydrogen-bond acceptors (Lipinski definition) is 3. The lowest BCUT2D eigenvalue weighted by Gasteiger charge is -2.04. The van der Waals surface area contributed by atoms with Crippen molar-refractivity contribution in [2.24, 2.45) is 0 Å². The molecular weight excluding hydrogens is 269 g/mol. The second kappa shape index (κ2) is 4.26. The quantitative estimate of drug-likeness (QED) is 0.729. The molecule has 3 aromatic rings. The second-order valence-corrected chi connectivity index (χ2v) is 4.33. The minimum absolute atomic E-state index is 0.187. The van der Waals surface area contributed by atoms with Gasteiger partial charge in [0.2, 0.25) is 0 Å². The van der Waals surface area contributed by atoms with Gasteiger partial charge in [-0.25, -0.2) is 4.98 Å². The van der Waals surface area contributed by atoms with Crippen molar-refractivity contribution >= 4 is 16.8 Å². The summed E-state index contributed by atoms with van der Waals surface area (Å²) in [5, 5.41) is 0.602. The summed E-state index contributed by atoms with van der Waals surface area (Å²) >= 11 is 0. The predicted molar refractivity (Wildman–Crippen MR) is 68.9 cm³/mol. The van der Waals surface area contributed by atoms with Crippen LogP contribution >= 0.6 is 0 Å². The number of aromatic nitrogens is 1. The van der Waals surface area contributed by atoms with Gasteiger partial charge in [0.05, 0.1) is 5.56 Å². The van der Waals surface area contributed by atoms with Crippen molar-refractivity contribution in [2.45, 2.75) is 6.18 Å². The molecule has 0 spiro atoms. The van der Waals surface area contributed by atoms with E-state index in [1.165, 1.54) is 12.3 Å². The second-order valence-electron chi connectivity index (χ2n) is 4.33. The molecule has 0 atom stereocenters. The molecular formula is C14H9F3N2O. The molecule has 0 bridgehead atoms. The van der Waals surface area contributed by atoms with Crippen LogP contribution in [0.25, 0.3) is 22.3 Å². The number of nitrogens with two attached hydrogens (primary N) is 1. The van der Waals surface area contributed by atoms with Crippen LogP contribution < -0.4 is 5.73 Å². The van der Waals surface area contributed by atoms with Crippen molar-refractivity contribution in [1.82, 2.24) is 4.98 Å². The lowest BCUT2D eigenvalue weighted by Crippen LogP contribution is -2.03. The first-order chi connectivity index (χ1) is 9.43. The zero-order valence-electron chi connectivity index (χ0n) is 10.1. The maximum absolute atomic E-state index is 12.6. The summed E-state index contributed by atoms with van der Waals surface area (Å²) in [4.78, 5) is 3.92. The molecule has 0 aliphatic carbocycles. The molecule has 3 nitrogen and oxygen atoms in total. The number of alkyl halides is 3. The summed E-state index contributed by atoms with van der Waals surface area (Å²) in [6.07, 6.45) is -2.87. The molecule has 0 unspecified atom stereocenters. The molecule has 0 radical (unpaired) electrons. The van der Waals surface area contributed by atoms with Crippen LogP contribution in [0.3, 0.4) is 0 Å². The Kier molecular flexibility index (Phi) is 2.67. The van der Waals surface area contributed by atoms with E-state index in [4.69, 9.17) is 10.2 Å². The summed E-state index contributed by atoms with van der Waals surface area (Å²) in [7, 11) is 0. The SMILES string of the molecule is Nc1ccc(-c2cc3ccc(C(F)(F)F)cc3o2)cn1. The van der Waals surface area contributed by atoms with E-state index >= 15 is 0 Å². The van der Waals surface area contributed by atoms with Crippen LogP contribution in [0.15, 0.2) is 47.0 Å². The molecule has 2 N–H and O–H groups in total. The predicted octanol–water partition coefficient (Wildman–Crippen LogP) is 4.10. The van der Waals surface area contributed by atoms with Gasteiger partial charge in [-0.05, 0) is 30.3 Å². The fourth-order valence-electron chi connectivity index (χ4n) is 1.90. The highest BCUT2D eigenvalue weighted by Gasteiger charge is 2.30. The fraction of sp³-hybridized carbons (Fsp3) is 0.0714. The van der Waals surface area contributed by atoms with Gasteiger partial charge in [0, 0.05) is 17.1 Å². The summed E-state index contributed by atoms with van der Waals surface area (Å²) in [5.74, 6) is 0.816. The number of halogens is 3. The number of nitrogens with zero attached hydrogens (tertiary/aromatic N) is 1. The van der Waals surface area contributed by atoms with Crippen molar-refractivity contribution in [3.05, 3.63) is 48.2 Å². The highest BCUT2D eigenvalue weighted by atomic mass is 19.4. The van der Waals surface area contributed by atoms with E-state index < -0.39 is 11.7 Å². The number of benzene rings is 1. The first-order valence-electron chi connectivity index (χ1n) is 5.76. The Morgan fingerprint density at radius 3 is 2.50 bits per heavy atom. The zero-order valence-corrected chi connectivity index (χ0v) is 10.1. The molecule has 0 fully saturated rings. The van der Waals surface area contributed by atoms with E-state index in [1.54, 1.807) is 18.2 Å². The topological polar surface area (TPSA) is 52.0 Å². The minimum Gasteiger partial charge on any atom is -0.456 e. The minimum atomic E-state index is -4.39. The third-order valence-electron chi connectivity index (χ3n) is 2.92. The fourth-order valence-corrected chi connectivity index (χ4v) is 1.90. The van der Waals surface area contributed by atoms with Gasteiger partial charge in [0.1, 0.15) is 17.2 Å². The monoisotopic (exact) mass is 278 g/mol. The van der Waals surface area contributed by atoms with Crippen LogP contribution in [-0.2, 0) is 6.18 Å². The third kappa shape index (κ3) is 2.20. The third-order valence-corrected chi connectivity index (χ3v) is 2.92. The van der Waals surface area contributed by atoms with Gasteiger partial charge < -0.3 is 10.2 Å². The Bertz CT molecular complexity index is 760. The van der Waals surface area contributed by atoms with Crippen LogP contribution in [0.5, 0.6) is 0 Å². The molecule has 0 amide bonds. The van der Waals surface area contributed by atoms with E-state index in [-0.39, 0.29) is 5.58 Å². The molecule has 0 saturated heterocycles. The van der Waals surface area contributed by atoms with E-state index in [9.17, 15) is 13.2 Å². The molecule has 0 aliphatic heterocycles. The van der Waals surface area contributed by atoms with Gasteiger partial charge in [0.25, 0.3) is 0 Å². The summed E-state index contributed by atoms with van der Waals surface area (Å²) in [6.45, 7) is 0. The number of furan rings is 1. The number of hydrogen-bond donors (Lipinski definition) is 1. The molecule has 2 aromatic heterocycles. The van der Waals surface area contributed by atoms with Gasteiger partial charge in [-0.15, -0.1) is 0 Å². The van der Waals surface area contributed by atoms with Gasteiger partial charge in [-0.3, -0.25) is 0 Å². The smallest absolute Gasteiger partial charge is 0.416 e. The van der Waals surface area contributed by atoms with Crippen LogP contribution in [0.1, 0.15) is 5.56 Å². The lowest BCUT2D eigenvalue weighted by atomic mass is 10.1.